The zero-order valence-electron chi connectivity index (χ0n) is 12.1. The van der Waals surface area contributed by atoms with Gasteiger partial charge in [-0.15, -0.1) is 0 Å². The summed E-state index contributed by atoms with van der Waals surface area (Å²) in [7, 11) is 0. The first-order valence-corrected chi connectivity index (χ1v) is 6.88. The third-order valence-corrected chi connectivity index (χ3v) is 3.91. The molecule has 3 atom stereocenters. The highest BCUT2D eigenvalue weighted by atomic mass is 16.6. The molecule has 0 spiro atoms. The quantitative estimate of drug-likeness (QED) is 0.919. The fourth-order valence-electron chi connectivity index (χ4n) is 2.95. The normalized spacial score (nSPS) is 29.4. The monoisotopic (exact) mass is 272 g/mol. The first-order valence-electron chi connectivity index (χ1n) is 6.88. The number of nitriles is 1. The van der Waals surface area contributed by atoms with E-state index in [1.165, 1.54) is 0 Å². The molecule has 0 radical (unpaired) electrons. The van der Waals surface area contributed by atoms with Crippen LogP contribution in [-0.4, -0.2) is 17.7 Å². The lowest BCUT2D eigenvalue weighted by Gasteiger charge is -2.46. The van der Waals surface area contributed by atoms with Crippen molar-refractivity contribution >= 4 is 6.09 Å². The number of hydrogen-bond acceptors (Lipinski definition) is 3. The summed E-state index contributed by atoms with van der Waals surface area (Å²) in [6.07, 6.45) is -0.414. The van der Waals surface area contributed by atoms with Crippen molar-refractivity contribution in [3.63, 3.8) is 0 Å². The van der Waals surface area contributed by atoms with Gasteiger partial charge in [-0.3, -0.25) is 0 Å². The molecule has 20 heavy (non-hydrogen) atoms. The summed E-state index contributed by atoms with van der Waals surface area (Å²) in [5.74, 6) is 0.144. The molecule has 1 aliphatic rings. The van der Waals surface area contributed by atoms with Crippen molar-refractivity contribution in [3.05, 3.63) is 35.9 Å². The Morgan fingerprint density at radius 3 is 2.60 bits per heavy atom. The van der Waals surface area contributed by atoms with Crippen LogP contribution in [0, 0.1) is 17.2 Å². The van der Waals surface area contributed by atoms with Crippen molar-refractivity contribution in [2.24, 2.45) is 5.92 Å². The van der Waals surface area contributed by atoms with Crippen molar-refractivity contribution in [2.75, 3.05) is 0 Å². The van der Waals surface area contributed by atoms with E-state index in [9.17, 15) is 4.79 Å². The predicted molar refractivity (Wildman–Crippen MR) is 76.1 cm³/mol. The van der Waals surface area contributed by atoms with Crippen molar-refractivity contribution < 1.29 is 9.53 Å². The number of amides is 1. The number of benzene rings is 1. The maximum atomic E-state index is 11.8. The highest BCUT2D eigenvalue weighted by molar-refractivity contribution is 5.70. The Labute approximate surface area is 119 Å². The van der Waals surface area contributed by atoms with E-state index in [4.69, 9.17) is 10.00 Å². The van der Waals surface area contributed by atoms with Gasteiger partial charge in [-0.25, -0.2) is 4.79 Å². The smallest absolute Gasteiger partial charge is 0.407 e. The zero-order chi connectivity index (χ0) is 14.8. The molecule has 1 aliphatic heterocycles. The molecule has 0 aliphatic carbocycles. The van der Waals surface area contributed by atoms with E-state index in [1.807, 2.05) is 51.1 Å². The first kappa shape index (κ1) is 14.4. The summed E-state index contributed by atoms with van der Waals surface area (Å²) < 4.78 is 5.50. The Kier molecular flexibility index (Phi) is 3.99. The molecule has 1 heterocycles. The Morgan fingerprint density at radius 1 is 1.40 bits per heavy atom. The van der Waals surface area contributed by atoms with Crippen LogP contribution >= 0.6 is 0 Å². The van der Waals surface area contributed by atoms with Gasteiger partial charge in [0.05, 0.1) is 18.0 Å². The van der Waals surface area contributed by atoms with Crippen LogP contribution in [0.25, 0.3) is 0 Å². The van der Waals surface area contributed by atoms with Crippen LogP contribution in [0.15, 0.2) is 30.3 Å². The Bertz CT molecular complexity index is 521. The van der Waals surface area contributed by atoms with Gasteiger partial charge in [0.15, 0.2) is 0 Å². The maximum absolute atomic E-state index is 11.8. The summed E-state index contributed by atoms with van der Waals surface area (Å²) in [6.45, 7) is 5.99. The molecule has 2 rings (SSSR count). The number of cyclic esters (lactones) is 1. The van der Waals surface area contributed by atoms with E-state index in [2.05, 4.69) is 11.4 Å². The van der Waals surface area contributed by atoms with Gasteiger partial charge >= 0.3 is 6.09 Å². The molecular formula is C16H20N2O2. The lowest BCUT2D eigenvalue weighted by Crippen LogP contribution is -2.60. The van der Waals surface area contributed by atoms with Crippen molar-refractivity contribution in [2.45, 2.75) is 44.8 Å². The van der Waals surface area contributed by atoms with Gasteiger partial charge in [-0.05, 0) is 18.4 Å². The molecule has 1 saturated heterocycles. The van der Waals surface area contributed by atoms with Crippen molar-refractivity contribution in [3.8, 4) is 6.07 Å². The fourth-order valence-corrected chi connectivity index (χ4v) is 2.95. The Balaban J connectivity index is 2.48. The molecule has 0 saturated carbocycles. The minimum absolute atomic E-state index is 0.0407. The van der Waals surface area contributed by atoms with E-state index in [0.29, 0.717) is 0 Å². The summed E-state index contributed by atoms with van der Waals surface area (Å²) in [6, 6.07) is 12.1. The molecular weight excluding hydrogens is 252 g/mol. The van der Waals surface area contributed by atoms with Gasteiger partial charge in [0.25, 0.3) is 0 Å². The Hall–Kier alpha value is -2.02. The van der Waals surface area contributed by atoms with Crippen LogP contribution < -0.4 is 5.32 Å². The van der Waals surface area contributed by atoms with Gasteiger partial charge in [-0.2, -0.15) is 5.26 Å². The highest BCUT2D eigenvalue weighted by Crippen LogP contribution is 2.40. The number of nitrogens with one attached hydrogen (secondary N) is 1. The molecule has 4 nitrogen and oxygen atoms in total. The van der Waals surface area contributed by atoms with Crippen LogP contribution in [0.4, 0.5) is 4.79 Å². The second kappa shape index (κ2) is 5.54. The Morgan fingerprint density at radius 2 is 2.05 bits per heavy atom. The first-order chi connectivity index (χ1) is 9.48. The van der Waals surface area contributed by atoms with Gasteiger partial charge < -0.3 is 10.1 Å². The molecule has 0 bridgehead atoms. The van der Waals surface area contributed by atoms with Crippen LogP contribution in [-0.2, 0) is 4.74 Å². The molecule has 1 N–H and O–H groups in total. The predicted octanol–water partition coefficient (Wildman–Crippen LogP) is 3.21. The molecule has 1 fully saturated rings. The van der Waals surface area contributed by atoms with E-state index in [-0.39, 0.29) is 24.4 Å². The zero-order valence-corrected chi connectivity index (χ0v) is 12.1. The van der Waals surface area contributed by atoms with Gasteiger partial charge in [0.2, 0.25) is 0 Å². The van der Waals surface area contributed by atoms with Gasteiger partial charge in [0.1, 0.15) is 6.10 Å². The second-order valence-corrected chi connectivity index (χ2v) is 5.88. The lowest BCUT2D eigenvalue weighted by molar-refractivity contribution is -0.00592. The third kappa shape index (κ3) is 2.62. The summed E-state index contributed by atoms with van der Waals surface area (Å²) in [5, 5.41) is 12.0. The maximum Gasteiger partial charge on any atom is 0.407 e. The van der Waals surface area contributed by atoms with Crippen LogP contribution in [0.3, 0.4) is 0 Å². The van der Waals surface area contributed by atoms with E-state index >= 15 is 0 Å². The average molecular weight is 272 g/mol. The number of carbonyl (C=O) groups is 1. The molecule has 4 heteroatoms. The number of rotatable bonds is 3. The van der Waals surface area contributed by atoms with E-state index in [1.54, 1.807) is 0 Å². The number of alkyl carbamates (subject to hydrolysis) is 1. The largest absolute Gasteiger partial charge is 0.445 e. The van der Waals surface area contributed by atoms with E-state index in [0.717, 1.165) is 5.56 Å². The van der Waals surface area contributed by atoms with Crippen LogP contribution in [0.2, 0.25) is 0 Å². The molecule has 0 aromatic heterocycles. The standard InChI is InChI=1S/C16H20N2O2/c1-11(2)14-13(12-7-5-4-6-8-12)16(3,9-10-17)18-15(19)20-14/h4-8,11,13-14H,9H2,1-3H3,(H,18,19)/t13-,14-,16+/m0/s1. The molecule has 1 amide bonds. The summed E-state index contributed by atoms with van der Waals surface area (Å²) >= 11 is 0. The average Bonchev–Trinajstić information content (AvgIpc) is 2.38. The molecule has 1 aromatic carbocycles. The SMILES string of the molecule is CC(C)[C@@H]1OC(=O)N[C@](C)(CC#N)[C@H]1c1ccccc1. The fraction of sp³-hybridized carbons (Fsp3) is 0.500. The number of hydrogen-bond donors (Lipinski definition) is 1. The number of ether oxygens (including phenoxy) is 1. The lowest BCUT2D eigenvalue weighted by atomic mass is 9.71. The topological polar surface area (TPSA) is 62.1 Å². The van der Waals surface area contributed by atoms with E-state index < -0.39 is 11.6 Å². The minimum Gasteiger partial charge on any atom is -0.445 e. The van der Waals surface area contributed by atoms with Gasteiger partial charge in [-0.1, -0.05) is 44.2 Å². The summed E-state index contributed by atoms with van der Waals surface area (Å²) in [4.78, 5) is 11.8. The summed E-state index contributed by atoms with van der Waals surface area (Å²) in [5.41, 5.74) is 0.476. The highest BCUT2D eigenvalue weighted by Gasteiger charge is 2.48. The third-order valence-electron chi connectivity index (χ3n) is 3.91. The number of carbonyl (C=O) groups excluding carboxylic acids is 1. The van der Waals surface area contributed by atoms with Crippen LogP contribution in [0.1, 0.15) is 38.7 Å². The molecule has 106 valence electrons. The van der Waals surface area contributed by atoms with Crippen molar-refractivity contribution in [1.29, 1.82) is 5.26 Å². The number of nitrogens with zero attached hydrogens (tertiary/aromatic N) is 1. The van der Waals surface area contributed by atoms with Crippen molar-refractivity contribution in [1.82, 2.24) is 5.32 Å². The molecule has 0 unspecified atom stereocenters. The van der Waals surface area contributed by atoms with Crippen LogP contribution in [0.5, 0.6) is 0 Å². The van der Waals surface area contributed by atoms with Gasteiger partial charge in [0, 0.05) is 5.92 Å². The molecule has 1 aromatic rings. The minimum atomic E-state index is -0.611. The second-order valence-electron chi connectivity index (χ2n) is 5.88.